The molecule has 1 heterocycles. The zero-order chi connectivity index (χ0) is 27.6. The number of ether oxygens (including phenoxy) is 1. The number of methoxy groups -OCH3 is 1. The van der Waals surface area contributed by atoms with Gasteiger partial charge in [0.15, 0.2) is 11.6 Å². The topological polar surface area (TPSA) is 92.1 Å². The third kappa shape index (κ3) is 5.21. The summed E-state index contributed by atoms with van der Waals surface area (Å²) in [5, 5.41) is 3.88. The van der Waals surface area contributed by atoms with Crippen LogP contribution in [0.3, 0.4) is 0 Å². The number of nitrogens with two attached hydrogens (primary N) is 1. The first-order valence-electron chi connectivity index (χ1n) is 11.2. The molecule has 0 radical (unpaired) electrons. The fraction of sp³-hybridized carbons (Fsp3) is 0.192. The van der Waals surface area contributed by atoms with E-state index in [1.807, 2.05) is 0 Å². The summed E-state index contributed by atoms with van der Waals surface area (Å²) in [6, 6.07) is 13.7. The van der Waals surface area contributed by atoms with Gasteiger partial charge < -0.3 is 10.5 Å². The molecule has 198 valence electrons. The van der Waals surface area contributed by atoms with Gasteiger partial charge in [-0.1, -0.05) is 42.5 Å². The molecule has 1 unspecified atom stereocenters. The highest BCUT2D eigenvalue weighted by Crippen LogP contribution is 2.33. The molecular formula is C26H21F5N4O3. The van der Waals surface area contributed by atoms with Crippen LogP contribution < -0.4 is 21.7 Å². The van der Waals surface area contributed by atoms with Gasteiger partial charge in [0.25, 0.3) is 5.56 Å². The van der Waals surface area contributed by atoms with Crippen LogP contribution in [-0.2, 0) is 19.1 Å². The molecule has 0 saturated heterocycles. The highest BCUT2D eigenvalue weighted by atomic mass is 19.4. The molecule has 0 amide bonds. The maximum absolute atomic E-state index is 15.1. The minimum Gasteiger partial charge on any atom is -0.494 e. The van der Waals surface area contributed by atoms with Crippen LogP contribution in [0, 0.1) is 11.6 Å². The fourth-order valence-corrected chi connectivity index (χ4v) is 3.99. The van der Waals surface area contributed by atoms with E-state index in [4.69, 9.17) is 10.5 Å². The van der Waals surface area contributed by atoms with Gasteiger partial charge in [-0.3, -0.25) is 9.36 Å². The van der Waals surface area contributed by atoms with E-state index in [-0.39, 0.29) is 5.75 Å². The second-order valence-corrected chi connectivity index (χ2v) is 8.31. The van der Waals surface area contributed by atoms with Gasteiger partial charge in [-0.25, -0.2) is 13.6 Å². The van der Waals surface area contributed by atoms with Crippen LogP contribution in [0.25, 0.3) is 5.69 Å². The summed E-state index contributed by atoms with van der Waals surface area (Å²) >= 11 is 0. The number of alkyl halides is 3. The maximum Gasteiger partial charge on any atom is 0.416 e. The van der Waals surface area contributed by atoms with Crippen molar-refractivity contribution in [1.82, 2.24) is 14.3 Å². The summed E-state index contributed by atoms with van der Waals surface area (Å²) in [5.41, 5.74) is 1.38. The quantitative estimate of drug-likeness (QED) is 0.364. The molecule has 12 heteroatoms. The Morgan fingerprint density at radius 1 is 0.974 bits per heavy atom. The standard InChI is InChI=1S/C26H21F5N4O3/c1-38-22-12-6-11-21(23(22)28)35-25(37)34(14-19(32)15-7-3-2-4-8-15)24(36)20(33-35)13-16-17(26(29,30)31)9-5-10-18(16)27/h2-12,19H,13-14,32H2,1H3. The summed E-state index contributed by atoms with van der Waals surface area (Å²) in [4.78, 5) is 26.7. The zero-order valence-corrected chi connectivity index (χ0v) is 19.9. The molecule has 4 rings (SSSR count). The minimum absolute atomic E-state index is 0.245. The van der Waals surface area contributed by atoms with E-state index in [0.29, 0.717) is 20.9 Å². The SMILES string of the molecule is COc1cccc(-n2nc(Cc3c(F)cccc3C(F)(F)F)c(=O)n(CC(N)c3ccccc3)c2=O)c1F. The van der Waals surface area contributed by atoms with Gasteiger partial charge in [-0.15, -0.1) is 0 Å². The van der Waals surface area contributed by atoms with Crippen molar-refractivity contribution in [2.24, 2.45) is 5.73 Å². The molecule has 3 aromatic carbocycles. The van der Waals surface area contributed by atoms with Gasteiger partial charge in [0.1, 0.15) is 17.2 Å². The number of aromatic nitrogens is 3. The van der Waals surface area contributed by atoms with Crippen molar-refractivity contribution in [3.05, 3.63) is 122 Å². The van der Waals surface area contributed by atoms with Crippen molar-refractivity contribution in [2.45, 2.75) is 25.2 Å². The molecular weight excluding hydrogens is 511 g/mol. The van der Waals surface area contributed by atoms with Crippen molar-refractivity contribution in [2.75, 3.05) is 7.11 Å². The van der Waals surface area contributed by atoms with Gasteiger partial charge in [0.05, 0.1) is 19.2 Å². The summed E-state index contributed by atoms with van der Waals surface area (Å²) in [7, 11) is 1.19. The average Bonchev–Trinajstić information content (AvgIpc) is 2.89. The van der Waals surface area contributed by atoms with Crippen molar-refractivity contribution >= 4 is 0 Å². The van der Waals surface area contributed by atoms with Crippen LogP contribution in [0.15, 0.2) is 76.3 Å². The molecule has 0 aliphatic heterocycles. The summed E-state index contributed by atoms with van der Waals surface area (Å²) in [5.74, 6) is -2.47. The molecule has 0 spiro atoms. The van der Waals surface area contributed by atoms with Crippen molar-refractivity contribution in [3.8, 4) is 11.4 Å². The van der Waals surface area contributed by atoms with Crippen LogP contribution in [0.5, 0.6) is 5.75 Å². The molecule has 38 heavy (non-hydrogen) atoms. The molecule has 1 atom stereocenters. The number of hydrogen-bond acceptors (Lipinski definition) is 5. The lowest BCUT2D eigenvalue weighted by molar-refractivity contribution is -0.138. The summed E-state index contributed by atoms with van der Waals surface area (Å²) < 4.78 is 76.6. The van der Waals surface area contributed by atoms with Crippen molar-refractivity contribution in [1.29, 1.82) is 0 Å². The van der Waals surface area contributed by atoms with E-state index in [1.54, 1.807) is 30.3 Å². The first-order chi connectivity index (χ1) is 18.0. The Hall–Kier alpha value is -4.32. The third-order valence-electron chi connectivity index (χ3n) is 5.89. The lowest BCUT2D eigenvalue weighted by atomic mass is 10.0. The van der Waals surface area contributed by atoms with Crippen LogP contribution >= 0.6 is 0 Å². The van der Waals surface area contributed by atoms with E-state index in [0.717, 1.165) is 12.1 Å². The number of hydrogen-bond donors (Lipinski definition) is 1. The Bertz CT molecular complexity index is 1580. The molecule has 0 aliphatic rings. The summed E-state index contributed by atoms with van der Waals surface area (Å²) in [6.07, 6.45) is -5.85. The molecule has 0 aliphatic carbocycles. The van der Waals surface area contributed by atoms with Gasteiger partial charge >= 0.3 is 11.9 Å². The first kappa shape index (κ1) is 26.7. The van der Waals surface area contributed by atoms with Gasteiger partial charge in [-0.2, -0.15) is 23.0 Å². The minimum atomic E-state index is -4.93. The van der Waals surface area contributed by atoms with E-state index in [2.05, 4.69) is 5.10 Å². The van der Waals surface area contributed by atoms with Crippen LogP contribution in [-0.4, -0.2) is 21.5 Å². The number of rotatable bonds is 7. The Morgan fingerprint density at radius 3 is 2.32 bits per heavy atom. The fourth-order valence-electron chi connectivity index (χ4n) is 3.99. The lowest BCUT2D eigenvalue weighted by Gasteiger charge is -2.18. The molecule has 2 N–H and O–H groups in total. The largest absolute Gasteiger partial charge is 0.494 e. The number of halogens is 5. The lowest BCUT2D eigenvalue weighted by Crippen LogP contribution is -2.45. The van der Waals surface area contributed by atoms with Crippen LogP contribution in [0.2, 0.25) is 0 Å². The Labute approximate surface area is 212 Å². The normalized spacial score (nSPS) is 12.4. The number of nitrogens with zero attached hydrogens (tertiary/aromatic N) is 3. The Balaban J connectivity index is 1.94. The van der Waals surface area contributed by atoms with Crippen molar-refractivity contribution in [3.63, 3.8) is 0 Å². The highest BCUT2D eigenvalue weighted by molar-refractivity contribution is 5.41. The average molecular weight is 532 g/mol. The van der Waals surface area contributed by atoms with Crippen LogP contribution in [0.1, 0.15) is 28.4 Å². The number of benzene rings is 3. The Kier molecular flexibility index (Phi) is 7.44. The molecule has 0 fully saturated rings. The maximum atomic E-state index is 15.1. The van der Waals surface area contributed by atoms with Gasteiger partial charge in [-0.05, 0) is 29.8 Å². The van der Waals surface area contributed by atoms with E-state index in [9.17, 15) is 27.2 Å². The predicted octanol–water partition coefficient (Wildman–Crippen LogP) is 3.99. The van der Waals surface area contributed by atoms with Crippen molar-refractivity contribution < 1.29 is 26.7 Å². The molecule has 4 aromatic rings. The molecule has 0 saturated carbocycles. The highest BCUT2D eigenvalue weighted by Gasteiger charge is 2.35. The second kappa shape index (κ2) is 10.6. The molecule has 0 bridgehead atoms. The smallest absolute Gasteiger partial charge is 0.416 e. The van der Waals surface area contributed by atoms with Gasteiger partial charge in [0, 0.05) is 18.0 Å². The van der Waals surface area contributed by atoms with E-state index >= 15 is 4.39 Å². The molecule has 7 nitrogen and oxygen atoms in total. The van der Waals surface area contributed by atoms with E-state index < -0.39 is 70.6 Å². The monoisotopic (exact) mass is 532 g/mol. The Morgan fingerprint density at radius 2 is 1.66 bits per heavy atom. The van der Waals surface area contributed by atoms with Crippen LogP contribution in [0.4, 0.5) is 22.0 Å². The first-order valence-corrected chi connectivity index (χ1v) is 11.2. The second-order valence-electron chi connectivity index (χ2n) is 8.31. The van der Waals surface area contributed by atoms with E-state index in [1.165, 1.54) is 25.3 Å². The molecule has 1 aromatic heterocycles. The summed E-state index contributed by atoms with van der Waals surface area (Å²) in [6.45, 7) is -0.411. The third-order valence-corrected chi connectivity index (χ3v) is 5.89. The van der Waals surface area contributed by atoms with Gasteiger partial charge in [0.2, 0.25) is 0 Å². The predicted molar refractivity (Wildman–Crippen MR) is 128 cm³/mol. The zero-order valence-electron chi connectivity index (χ0n) is 19.9.